The molecule has 9 nitrogen and oxygen atoms in total. The van der Waals surface area contributed by atoms with Crippen LogP contribution in [0.25, 0.3) is 10.6 Å². The summed E-state index contributed by atoms with van der Waals surface area (Å²) in [5.74, 6) is -0.537. The van der Waals surface area contributed by atoms with Gasteiger partial charge in [0.1, 0.15) is 18.7 Å². The molecule has 0 radical (unpaired) electrons. The lowest BCUT2D eigenvalue weighted by Gasteiger charge is -2.12. The van der Waals surface area contributed by atoms with Gasteiger partial charge < -0.3 is 10.6 Å². The van der Waals surface area contributed by atoms with Crippen LogP contribution in [-0.2, 0) is 4.79 Å². The quantitative estimate of drug-likeness (QED) is 0.454. The second kappa shape index (κ2) is 8.07. The molecule has 3 N–H and O–H groups in total. The molecule has 2 amide bonds. The maximum absolute atomic E-state index is 12.4. The first-order valence-electron chi connectivity index (χ1n) is 8.76. The van der Waals surface area contributed by atoms with Crippen molar-refractivity contribution in [3.63, 3.8) is 0 Å². The Balaban J connectivity index is 1.37. The van der Waals surface area contributed by atoms with Crippen LogP contribution in [0.1, 0.15) is 23.5 Å². The van der Waals surface area contributed by atoms with Gasteiger partial charge in [0, 0.05) is 11.4 Å². The molecule has 1 atom stereocenters. The van der Waals surface area contributed by atoms with E-state index in [9.17, 15) is 9.59 Å². The van der Waals surface area contributed by atoms with Gasteiger partial charge in [0.15, 0.2) is 5.69 Å². The van der Waals surface area contributed by atoms with Gasteiger partial charge in [0.05, 0.1) is 10.6 Å². The van der Waals surface area contributed by atoms with E-state index in [4.69, 9.17) is 0 Å². The van der Waals surface area contributed by atoms with Crippen LogP contribution in [0.3, 0.4) is 0 Å². The lowest BCUT2D eigenvalue weighted by molar-refractivity contribution is -0.119. The maximum atomic E-state index is 12.4. The number of anilines is 2. The van der Waals surface area contributed by atoms with Crippen molar-refractivity contribution in [2.45, 2.75) is 13.0 Å². The summed E-state index contributed by atoms with van der Waals surface area (Å²) in [5.41, 5.74) is 2.30. The van der Waals surface area contributed by atoms with Crippen LogP contribution in [-0.4, -0.2) is 36.8 Å². The molecule has 0 aliphatic carbocycles. The van der Waals surface area contributed by atoms with E-state index in [-0.39, 0.29) is 11.8 Å². The van der Waals surface area contributed by atoms with E-state index < -0.39 is 6.04 Å². The van der Waals surface area contributed by atoms with Gasteiger partial charge in [0.2, 0.25) is 5.91 Å². The van der Waals surface area contributed by atoms with E-state index >= 15 is 0 Å². The molecule has 1 unspecified atom stereocenters. The van der Waals surface area contributed by atoms with Gasteiger partial charge in [-0.1, -0.05) is 6.07 Å². The summed E-state index contributed by atoms with van der Waals surface area (Å²) >= 11 is 1.57. The molecule has 0 saturated carbocycles. The molecule has 0 spiro atoms. The van der Waals surface area contributed by atoms with Crippen LogP contribution in [0.4, 0.5) is 11.4 Å². The topological polar surface area (TPSA) is 118 Å². The molecule has 0 aliphatic heterocycles. The van der Waals surface area contributed by atoms with Crippen LogP contribution < -0.4 is 10.6 Å². The summed E-state index contributed by atoms with van der Waals surface area (Å²) < 4.78 is 1.47. The Bertz CT molecular complexity index is 1100. The molecule has 3 aromatic heterocycles. The average molecular weight is 407 g/mol. The van der Waals surface area contributed by atoms with Crippen LogP contribution in [0.5, 0.6) is 0 Å². The minimum absolute atomic E-state index is 0.218. The fraction of sp³-hybridized carbons (Fsp3) is 0.105. The van der Waals surface area contributed by atoms with Gasteiger partial charge in [-0.2, -0.15) is 10.2 Å². The van der Waals surface area contributed by atoms with Crippen LogP contribution in [0, 0.1) is 0 Å². The number of amides is 2. The van der Waals surface area contributed by atoms with E-state index in [1.165, 1.54) is 17.3 Å². The number of H-pyrrole nitrogens is 1. The predicted molar refractivity (Wildman–Crippen MR) is 110 cm³/mol. The summed E-state index contributed by atoms with van der Waals surface area (Å²) in [4.78, 5) is 29.5. The molecule has 29 heavy (non-hydrogen) atoms. The third-order valence-corrected chi connectivity index (χ3v) is 5.12. The number of benzene rings is 1. The monoisotopic (exact) mass is 407 g/mol. The van der Waals surface area contributed by atoms with Gasteiger partial charge in [-0.3, -0.25) is 14.7 Å². The van der Waals surface area contributed by atoms with Crippen LogP contribution >= 0.6 is 11.3 Å². The standard InChI is InChI=1S/C19H17N7O2S/c1-12(26-11-20-10-21-26)18(27)22-13-4-6-14(7-5-13)23-19(28)16-9-15(24-25-16)17-3-2-8-29-17/h2-12H,1H3,(H,22,27)(H,23,28)(H,24,25). The van der Waals surface area contributed by atoms with Crippen molar-refractivity contribution >= 4 is 34.5 Å². The number of carbonyl (C=O) groups is 2. The largest absolute Gasteiger partial charge is 0.324 e. The van der Waals surface area contributed by atoms with E-state index in [2.05, 4.69) is 30.9 Å². The highest BCUT2D eigenvalue weighted by Gasteiger charge is 2.16. The number of carbonyl (C=O) groups excluding carboxylic acids is 2. The number of thiophene rings is 1. The Labute approximate surface area is 169 Å². The number of nitrogens with one attached hydrogen (secondary N) is 3. The van der Waals surface area contributed by atoms with E-state index in [1.807, 2.05) is 17.5 Å². The Morgan fingerprint density at radius 3 is 2.55 bits per heavy atom. The summed E-state index contributed by atoms with van der Waals surface area (Å²) in [5, 5.41) is 18.5. The molecule has 0 saturated heterocycles. The van der Waals surface area contributed by atoms with Crippen molar-refractivity contribution in [1.29, 1.82) is 0 Å². The van der Waals surface area contributed by atoms with E-state index in [0.717, 1.165) is 10.6 Å². The van der Waals surface area contributed by atoms with Crippen LogP contribution in [0.2, 0.25) is 0 Å². The maximum Gasteiger partial charge on any atom is 0.276 e. The Morgan fingerprint density at radius 2 is 1.90 bits per heavy atom. The zero-order valence-corrected chi connectivity index (χ0v) is 16.2. The molecule has 146 valence electrons. The Kier molecular flexibility index (Phi) is 5.16. The first-order chi connectivity index (χ1) is 14.1. The predicted octanol–water partition coefficient (Wildman–Crippen LogP) is 3.18. The molecule has 10 heteroatoms. The van der Waals surface area contributed by atoms with Gasteiger partial charge in [-0.25, -0.2) is 9.67 Å². The van der Waals surface area contributed by atoms with E-state index in [0.29, 0.717) is 17.1 Å². The molecule has 0 fully saturated rings. The van der Waals surface area contributed by atoms with Crippen molar-refractivity contribution in [1.82, 2.24) is 25.0 Å². The normalized spacial score (nSPS) is 11.8. The number of aromatic amines is 1. The summed E-state index contributed by atoms with van der Waals surface area (Å²) in [7, 11) is 0. The van der Waals surface area contributed by atoms with Crippen molar-refractivity contribution in [3.05, 3.63) is 66.2 Å². The highest BCUT2D eigenvalue weighted by Crippen LogP contribution is 2.23. The second-order valence-corrected chi connectivity index (χ2v) is 7.16. The highest BCUT2D eigenvalue weighted by atomic mass is 32.1. The minimum Gasteiger partial charge on any atom is -0.324 e. The van der Waals surface area contributed by atoms with Crippen LogP contribution in [0.15, 0.2) is 60.5 Å². The van der Waals surface area contributed by atoms with E-state index in [1.54, 1.807) is 48.6 Å². The smallest absolute Gasteiger partial charge is 0.276 e. The van der Waals surface area contributed by atoms with Crippen molar-refractivity contribution in [3.8, 4) is 10.6 Å². The lowest BCUT2D eigenvalue weighted by atomic mass is 10.2. The zero-order chi connectivity index (χ0) is 20.2. The molecule has 1 aromatic carbocycles. The fourth-order valence-electron chi connectivity index (χ4n) is 2.61. The molecule has 3 heterocycles. The summed E-state index contributed by atoms with van der Waals surface area (Å²) in [6, 6.07) is 12.0. The second-order valence-electron chi connectivity index (χ2n) is 6.22. The third-order valence-electron chi connectivity index (χ3n) is 4.22. The number of nitrogens with zero attached hydrogens (tertiary/aromatic N) is 4. The lowest BCUT2D eigenvalue weighted by Crippen LogP contribution is -2.24. The Hall–Kier alpha value is -3.79. The van der Waals surface area contributed by atoms with Gasteiger partial charge >= 0.3 is 0 Å². The molecular formula is C19H17N7O2S. The molecule has 4 rings (SSSR count). The number of hydrogen-bond acceptors (Lipinski definition) is 6. The minimum atomic E-state index is -0.492. The molecular weight excluding hydrogens is 390 g/mol. The molecule has 0 bridgehead atoms. The highest BCUT2D eigenvalue weighted by molar-refractivity contribution is 7.13. The molecule has 0 aliphatic rings. The van der Waals surface area contributed by atoms with Crippen molar-refractivity contribution in [2.75, 3.05) is 10.6 Å². The SMILES string of the molecule is CC(C(=O)Nc1ccc(NC(=O)c2cc(-c3cccs3)[nH]n2)cc1)n1cncn1. The Morgan fingerprint density at radius 1 is 1.14 bits per heavy atom. The summed E-state index contributed by atoms with van der Waals surface area (Å²) in [6.45, 7) is 1.73. The molecule has 4 aromatic rings. The van der Waals surface area contributed by atoms with Crippen molar-refractivity contribution < 1.29 is 9.59 Å². The first-order valence-corrected chi connectivity index (χ1v) is 9.64. The average Bonchev–Trinajstić information content (AvgIpc) is 3.50. The zero-order valence-electron chi connectivity index (χ0n) is 15.4. The fourth-order valence-corrected chi connectivity index (χ4v) is 3.30. The number of rotatable bonds is 6. The summed E-state index contributed by atoms with van der Waals surface area (Å²) in [6.07, 6.45) is 2.87. The van der Waals surface area contributed by atoms with Gasteiger partial charge in [0.25, 0.3) is 5.91 Å². The van der Waals surface area contributed by atoms with Crippen molar-refractivity contribution in [2.24, 2.45) is 0 Å². The number of aromatic nitrogens is 5. The van der Waals surface area contributed by atoms with Gasteiger partial charge in [-0.15, -0.1) is 11.3 Å². The first kappa shape index (κ1) is 18.6. The van der Waals surface area contributed by atoms with Gasteiger partial charge in [-0.05, 0) is 48.7 Å². The number of hydrogen-bond donors (Lipinski definition) is 3. The third kappa shape index (κ3) is 4.22.